The zero-order valence-electron chi connectivity index (χ0n) is 11.2. The van der Waals surface area contributed by atoms with E-state index in [2.05, 4.69) is 4.99 Å². The average molecular weight is 277 g/mol. The number of Topliss-reactive ketones (excluding diaryl/α,β-unsaturated/α-hetero) is 1. The van der Waals surface area contributed by atoms with E-state index in [1.807, 2.05) is 30.3 Å². The molecule has 0 atom stereocenters. The number of rotatable bonds is 0. The van der Waals surface area contributed by atoms with Gasteiger partial charge in [-0.3, -0.25) is 9.79 Å². The minimum atomic E-state index is 0.0120. The van der Waals surface area contributed by atoms with Gasteiger partial charge in [-0.05, 0) is 23.6 Å². The van der Waals surface area contributed by atoms with E-state index in [4.69, 9.17) is 9.47 Å². The van der Waals surface area contributed by atoms with Crippen molar-refractivity contribution in [1.82, 2.24) is 0 Å². The molecule has 5 rings (SSSR count). The maximum Gasteiger partial charge on any atom is 0.231 e. The predicted molar refractivity (Wildman–Crippen MR) is 77.4 cm³/mol. The standard InChI is InChI=1S/C17H11NO3/c19-16-11-4-2-1-3-10(11)14-13-9(5-6-18-15(13)16)7-12-17(14)21-8-20-12/h1-4,7H,5-6,8H2. The van der Waals surface area contributed by atoms with Crippen molar-refractivity contribution in [3.63, 3.8) is 0 Å². The Morgan fingerprint density at radius 2 is 1.90 bits per heavy atom. The molecule has 2 aromatic carbocycles. The number of ether oxygens (including phenoxy) is 2. The minimum absolute atomic E-state index is 0.0120. The fraction of sp³-hybridized carbons (Fsp3) is 0.176. The summed E-state index contributed by atoms with van der Waals surface area (Å²) >= 11 is 0. The molecule has 3 aliphatic rings. The van der Waals surface area contributed by atoms with E-state index in [9.17, 15) is 4.79 Å². The molecule has 0 fully saturated rings. The Morgan fingerprint density at radius 3 is 2.81 bits per heavy atom. The van der Waals surface area contributed by atoms with Gasteiger partial charge in [0, 0.05) is 23.2 Å². The van der Waals surface area contributed by atoms with E-state index in [0.717, 1.165) is 40.2 Å². The highest BCUT2D eigenvalue weighted by atomic mass is 16.7. The highest BCUT2D eigenvalue weighted by molar-refractivity contribution is 6.55. The predicted octanol–water partition coefficient (Wildman–Crippen LogP) is 2.62. The molecule has 21 heavy (non-hydrogen) atoms. The zero-order valence-corrected chi connectivity index (χ0v) is 11.2. The van der Waals surface area contributed by atoms with E-state index < -0.39 is 0 Å². The van der Waals surface area contributed by atoms with Crippen molar-refractivity contribution in [2.45, 2.75) is 6.42 Å². The Hall–Kier alpha value is -2.62. The second-order valence-corrected chi connectivity index (χ2v) is 5.37. The van der Waals surface area contributed by atoms with Crippen LogP contribution in [0.25, 0.3) is 11.1 Å². The van der Waals surface area contributed by atoms with Gasteiger partial charge in [0.05, 0.1) is 0 Å². The largest absolute Gasteiger partial charge is 0.454 e. The average Bonchev–Trinajstić information content (AvgIpc) is 2.99. The second kappa shape index (κ2) is 3.73. The third-order valence-corrected chi connectivity index (χ3v) is 4.29. The summed E-state index contributed by atoms with van der Waals surface area (Å²) in [6.07, 6.45) is 0.831. The maximum atomic E-state index is 12.7. The first-order valence-electron chi connectivity index (χ1n) is 6.99. The molecule has 2 heterocycles. The van der Waals surface area contributed by atoms with Gasteiger partial charge < -0.3 is 9.47 Å². The highest BCUT2D eigenvalue weighted by Gasteiger charge is 2.37. The van der Waals surface area contributed by atoms with Gasteiger partial charge in [-0.25, -0.2) is 0 Å². The Labute approximate surface area is 121 Å². The van der Waals surface area contributed by atoms with Gasteiger partial charge in [-0.1, -0.05) is 24.3 Å². The van der Waals surface area contributed by atoms with Crippen LogP contribution in [0.1, 0.15) is 21.5 Å². The number of hydrogen-bond acceptors (Lipinski definition) is 4. The van der Waals surface area contributed by atoms with Gasteiger partial charge in [0.2, 0.25) is 12.6 Å². The first-order chi connectivity index (χ1) is 10.3. The van der Waals surface area contributed by atoms with Crippen molar-refractivity contribution in [1.29, 1.82) is 0 Å². The molecule has 0 radical (unpaired) electrons. The first-order valence-corrected chi connectivity index (χ1v) is 6.99. The molecule has 0 aromatic heterocycles. The lowest BCUT2D eigenvalue weighted by atomic mass is 9.79. The number of fused-ring (bicyclic) bond motifs is 4. The minimum Gasteiger partial charge on any atom is -0.454 e. The second-order valence-electron chi connectivity index (χ2n) is 5.37. The van der Waals surface area contributed by atoms with E-state index in [1.54, 1.807) is 0 Å². The number of hydrogen-bond donors (Lipinski definition) is 0. The molecule has 0 saturated carbocycles. The topological polar surface area (TPSA) is 47.9 Å². The van der Waals surface area contributed by atoms with Gasteiger partial charge in [-0.2, -0.15) is 0 Å². The molecule has 1 aliphatic carbocycles. The van der Waals surface area contributed by atoms with Crippen LogP contribution in [-0.4, -0.2) is 24.8 Å². The number of aliphatic imine (C=N–C) groups is 1. The van der Waals surface area contributed by atoms with Crippen LogP contribution in [0.4, 0.5) is 0 Å². The third-order valence-electron chi connectivity index (χ3n) is 4.29. The van der Waals surface area contributed by atoms with Crippen molar-refractivity contribution in [3.05, 3.63) is 47.0 Å². The van der Waals surface area contributed by atoms with Crippen LogP contribution in [0.5, 0.6) is 11.5 Å². The summed E-state index contributed by atoms with van der Waals surface area (Å²) in [6, 6.07) is 9.64. The quantitative estimate of drug-likeness (QED) is 0.743. The fourth-order valence-electron chi connectivity index (χ4n) is 3.40. The molecule has 0 amide bonds. The highest BCUT2D eigenvalue weighted by Crippen LogP contribution is 2.49. The Balaban J connectivity index is 1.97. The molecule has 2 aliphatic heterocycles. The van der Waals surface area contributed by atoms with Gasteiger partial charge in [-0.15, -0.1) is 0 Å². The summed E-state index contributed by atoms with van der Waals surface area (Å²) in [6.45, 7) is 0.878. The van der Waals surface area contributed by atoms with Crippen molar-refractivity contribution in [3.8, 4) is 22.6 Å². The van der Waals surface area contributed by atoms with Gasteiger partial charge in [0.1, 0.15) is 5.71 Å². The normalized spacial score (nSPS) is 17.1. The van der Waals surface area contributed by atoms with E-state index in [1.165, 1.54) is 0 Å². The molecule has 102 valence electrons. The summed E-state index contributed by atoms with van der Waals surface area (Å²) in [5, 5.41) is 0. The fourth-order valence-corrected chi connectivity index (χ4v) is 3.40. The monoisotopic (exact) mass is 277 g/mol. The van der Waals surface area contributed by atoms with Gasteiger partial charge >= 0.3 is 0 Å². The van der Waals surface area contributed by atoms with Crippen LogP contribution in [0.3, 0.4) is 0 Å². The van der Waals surface area contributed by atoms with Crippen molar-refractivity contribution < 1.29 is 14.3 Å². The SMILES string of the molecule is O=C1C2=NCCc3cc4c(c(c32)-c2ccccc21)OCO4. The Morgan fingerprint density at radius 1 is 1.05 bits per heavy atom. The van der Waals surface area contributed by atoms with Crippen molar-refractivity contribution >= 4 is 11.5 Å². The molecular weight excluding hydrogens is 266 g/mol. The molecule has 0 saturated heterocycles. The van der Waals surface area contributed by atoms with Crippen LogP contribution >= 0.6 is 0 Å². The third kappa shape index (κ3) is 1.29. The molecule has 2 aromatic rings. The van der Waals surface area contributed by atoms with Crippen LogP contribution in [0, 0.1) is 0 Å². The summed E-state index contributed by atoms with van der Waals surface area (Å²) < 4.78 is 11.2. The number of nitrogens with zero attached hydrogens (tertiary/aromatic N) is 1. The number of ketones is 1. The summed E-state index contributed by atoms with van der Waals surface area (Å²) in [4.78, 5) is 17.2. The molecule has 0 spiro atoms. The summed E-state index contributed by atoms with van der Waals surface area (Å²) in [5.41, 5.74) is 5.22. The van der Waals surface area contributed by atoms with E-state index in [0.29, 0.717) is 17.8 Å². The van der Waals surface area contributed by atoms with E-state index >= 15 is 0 Å². The van der Waals surface area contributed by atoms with Crippen molar-refractivity contribution in [2.24, 2.45) is 4.99 Å². The van der Waals surface area contributed by atoms with E-state index in [-0.39, 0.29) is 12.6 Å². The molecular formula is C17H11NO3. The van der Waals surface area contributed by atoms with Crippen LogP contribution in [0.15, 0.2) is 35.3 Å². The van der Waals surface area contributed by atoms with Gasteiger partial charge in [0.15, 0.2) is 11.5 Å². The summed E-state index contributed by atoms with van der Waals surface area (Å²) in [7, 11) is 0. The molecule has 0 bridgehead atoms. The van der Waals surface area contributed by atoms with Crippen LogP contribution in [-0.2, 0) is 6.42 Å². The van der Waals surface area contributed by atoms with Crippen LogP contribution < -0.4 is 9.47 Å². The maximum absolute atomic E-state index is 12.7. The molecule has 0 N–H and O–H groups in total. The molecule has 4 heteroatoms. The van der Waals surface area contributed by atoms with Gasteiger partial charge in [0.25, 0.3) is 0 Å². The Bertz CT molecular complexity index is 851. The lowest BCUT2D eigenvalue weighted by Gasteiger charge is -2.26. The molecule has 4 nitrogen and oxygen atoms in total. The number of benzene rings is 2. The first kappa shape index (κ1) is 11.1. The van der Waals surface area contributed by atoms with Crippen LogP contribution in [0.2, 0.25) is 0 Å². The summed E-state index contributed by atoms with van der Waals surface area (Å²) in [5.74, 6) is 1.52. The number of carbonyl (C=O) groups is 1. The number of carbonyl (C=O) groups excluding carboxylic acids is 1. The molecule has 0 unspecified atom stereocenters. The zero-order chi connectivity index (χ0) is 14.0. The lowest BCUT2D eigenvalue weighted by Crippen LogP contribution is -2.27. The van der Waals surface area contributed by atoms with Crippen molar-refractivity contribution in [2.75, 3.05) is 13.3 Å². The Kier molecular flexibility index (Phi) is 1.97. The smallest absolute Gasteiger partial charge is 0.231 e. The lowest BCUT2D eigenvalue weighted by molar-refractivity contribution is 0.106.